The highest BCUT2D eigenvalue weighted by Gasteiger charge is 2.17. The van der Waals surface area contributed by atoms with Crippen LogP contribution in [0.25, 0.3) is 22.4 Å². The number of para-hydroxylation sites is 1. The Hall–Kier alpha value is -2.77. The van der Waals surface area contributed by atoms with Crippen molar-refractivity contribution in [1.29, 1.82) is 0 Å². The largest absolute Gasteiger partial charge is 0.497 e. The van der Waals surface area contributed by atoms with Crippen LogP contribution in [0.2, 0.25) is 0 Å². The minimum absolute atomic E-state index is 0.157. The van der Waals surface area contributed by atoms with Crippen molar-refractivity contribution in [3.05, 3.63) is 70.5 Å². The van der Waals surface area contributed by atoms with E-state index < -0.39 is 0 Å². The van der Waals surface area contributed by atoms with E-state index in [4.69, 9.17) is 16.3 Å². The van der Waals surface area contributed by atoms with Gasteiger partial charge in [-0.05, 0) is 24.3 Å². The summed E-state index contributed by atoms with van der Waals surface area (Å²) in [6.07, 6.45) is 1.83. The molecule has 2 aromatic carbocycles. The van der Waals surface area contributed by atoms with E-state index in [1.165, 1.54) is 17.3 Å². The van der Waals surface area contributed by atoms with Gasteiger partial charge in [-0.3, -0.25) is 9.20 Å². The Kier molecular flexibility index (Phi) is 4.87. The van der Waals surface area contributed by atoms with Crippen molar-refractivity contribution in [1.82, 2.24) is 19.2 Å². The lowest BCUT2D eigenvalue weighted by molar-refractivity contribution is 0.414. The average Bonchev–Trinajstić information content (AvgIpc) is 3.12. The molecule has 27 heavy (non-hydrogen) atoms. The van der Waals surface area contributed by atoms with Crippen molar-refractivity contribution in [3.63, 3.8) is 0 Å². The highest BCUT2D eigenvalue weighted by Crippen LogP contribution is 2.24. The maximum Gasteiger partial charge on any atom is 0.267 e. The standard InChI is InChI=1S/C19H15ClN4O2S/c1-26-14-7-4-6-13(12-14)23-17(25)15-8-2-3-9-16(15)24-18(23)21-22-19(24)27-11-5-10-20/h2-10,12H,11H2,1H3/b10-5+. The molecule has 8 heteroatoms. The third-order valence-electron chi connectivity index (χ3n) is 4.10. The zero-order valence-corrected chi connectivity index (χ0v) is 15.9. The number of hydrogen-bond acceptors (Lipinski definition) is 5. The molecule has 0 radical (unpaired) electrons. The molecule has 0 fully saturated rings. The van der Waals surface area contributed by atoms with E-state index in [0.29, 0.717) is 33.5 Å². The Bertz CT molecular complexity index is 1220. The predicted octanol–water partition coefficient (Wildman–Crippen LogP) is 3.89. The van der Waals surface area contributed by atoms with E-state index in [1.54, 1.807) is 23.8 Å². The topological polar surface area (TPSA) is 61.4 Å². The number of thioether (sulfide) groups is 1. The van der Waals surface area contributed by atoms with Gasteiger partial charge in [-0.2, -0.15) is 0 Å². The summed E-state index contributed by atoms with van der Waals surface area (Å²) in [5.41, 5.74) is 2.75. The normalized spacial score (nSPS) is 11.6. The van der Waals surface area contributed by atoms with E-state index in [0.717, 1.165) is 5.52 Å². The number of rotatable bonds is 5. The van der Waals surface area contributed by atoms with E-state index in [9.17, 15) is 4.79 Å². The summed E-state index contributed by atoms with van der Waals surface area (Å²) in [6.45, 7) is 0. The first-order chi connectivity index (χ1) is 13.2. The number of benzene rings is 2. The van der Waals surface area contributed by atoms with Crippen LogP contribution in [-0.2, 0) is 0 Å². The second-order valence-electron chi connectivity index (χ2n) is 5.65. The van der Waals surface area contributed by atoms with Gasteiger partial charge in [0.15, 0.2) is 5.16 Å². The number of methoxy groups -OCH3 is 1. The maximum absolute atomic E-state index is 13.2. The second-order valence-corrected chi connectivity index (χ2v) is 6.89. The lowest BCUT2D eigenvalue weighted by atomic mass is 10.2. The molecule has 0 bridgehead atoms. The summed E-state index contributed by atoms with van der Waals surface area (Å²) in [6, 6.07) is 14.7. The molecule has 0 N–H and O–H groups in total. The molecule has 0 aliphatic heterocycles. The molecule has 4 rings (SSSR count). The molecule has 2 heterocycles. The number of halogens is 1. The van der Waals surface area contributed by atoms with Crippen LogP contribution in [0.4, 0.5) is 0 Å². The van der Waals surface area contributed by atoms with Crippen molar-refractivity contribution in [2.24, 2.45) is 0 Å². The van der Waals surface area contributed by atoms with Crippen molar-refractivity contribution in [2.45, 2.75) is 5.16 Å². The molecule has 2 aromatic heterocycles. The van der Waals surface area contributed by atoms with Crippen LogP contribution in [0.15, 0.2) is 70.1 Å². The number of hydrogen-bond donors (Lipinski definition) is 0. The summed E-state index contributed by atoms with van der Waals surface area (Å²) < 4.78 is 8.75. The fourth-order valence-corrected chi connectivity index (χ4v) is 3.86. The van der Waals surface area contributed by atoms with Crippen LogP contribution in [-0.4, -0.2) is 32.0 Å². The van der Waals surface area contributed by atoms with E-state index in [-0.39, 0.29) is 5.56 Å². The fourth-order valence-electron chi connectivity index (χ4n) is 2.91. The molecular formula is C19H15ClN4O2S. The van der Waals surface area contributed by atoms with Gasteiger partial charge in [0.05, 0.1) is 23.7 Å². The molecule has 0 aliphatic rings. The van der Waals surface area contributed by atoms with E-state index >= 15 is 0 Å². The van der Waals surface area contributed by atoms with Gasteiger partial charge in [-0.15, -0.1) is 10.2 Å². The van der Waals surface area contributed by atoms with Crippen molar-refractivity contribution >= 4 is 40.0 Å². The molecule has 0 unspecified atom stereocenters. The molecule has 0 aliphatic carbocycles. The van der Waals surface area contributed by atoms with Crippen LogP contribution < -0.4 is 10.3 Å². The molecule has 136 valence electrons. The molecule has 0 amide bonds. The zero-order chi connectivity index (χ0) is 18.8. The first kappa shape index (κ1) is 17.6. The number of fused-ring (bicyclic) bond motifs is 3. The molecule has 4 aromatic rings. The first-order valence-electron chi connectivity index (χ1n) is 8.16. The number of nitrogens with zero attached hydrogens (tertiary/aromatic N) is 4. The summed E-state index contributed by atoms with van der Waals surface area (Å²) >= 11 is 7.11. The minimum Gasteiger partial charge on any atom is -0.497 e. The van der Waals surface area contributed by atoms with Crippen LogP contribution in [0.3, 0.4) is 0 Å². The molecule has 0 saturated carbocycles. The fraction of sp³-hybridized carbons (Fsp3) is 0.105. The third-order valence-corrected chi connectivity index (χ3v) is 5.16. The van der Waals surface area contributed by atoms with Crippen LogP contribution in [0.1, 0.15) is 0 Å². The Morgan fingerprint density at radius 2 is 2.04 bits per heavy atom. The third kappa shape index (κ3) is 3.09. The minimum atomic E-state index is -0.157. The van der Waals surface area contributed by atoms with Gasteiger partial charge in [-0.1, -0.05) is 47.6 Å². The second kappa shape index (κ2) is 7.46. The SMILES string of the molecule is COc1cccc(-n2c(=O)c3ccccc3n3c(SC/C=C/Cl)nnc23)c1. The van der Waals surface area contributed by atoms with E-state index in [2.05, 4.69) is 10.2 Å². The molecular weight excluding hydrogens is 384 g/mol. The molecule has 0 atom stereocenters. The van der Waals surface area contributed by atoms with Gasteiger partial charge in [0.2, 0.25) is 5.78 Å². The average molecular weight is 399 g/mol. The Morgan fingerprint density at radius 3 is 2.85 bits per heavy atom. The quantitative estimate of drug-likeness (QED) is 0.477. The van der Waals surface area contributed by atoms with Crippen molar-refractivity contribution in [2.75, 3.05) is 12.9 Å². The van der Waals surface area contributed by atoms with Crippen molar-refractivity contribution in [3.8, 4) is 11.4 Å². The lowest BCUT2D eigenvalue weighted by Gasteiger charge is -2.12. The zero-order valence-electron chi connectivity index (χ0n) is 14.4. The van der Waals surface area contributed by atoms with Gasteiger partial charge in [0.1, 0.15) is 5.75 Å². The molecule has 0 saturated heterocycles. The number of ether oxygens (including phenoxy) is 1. The van der Waals surface area contributed by atoms with Gasteiger partial charge in [0, 0.05) is 17.4 Å². The number of aromatic nitrogens is 4. The highest BCUT2D eigenvalue weighted by atomic mass is 35.5. The van der Waals surface area contributed by atoms with Crippen LogP contribution in [0.5, 0.6) is 5.75 Å². The maximum atomic E-state index is 13.2. The van der Waals surface area contributed by atoms with Gasteiger partial charge in [0.25, 0.3) is 5.56 Å². The van der Waals surface area contributed by atoms with Crippen molar-refractivity contribution < 1.29 is 4.74 Å². The molecule has 0 spiro atoms. The summed E-state index contributed by atoms with van der Waals surface area (Å²) in [4.78, 5) is 13.2. The van der Waals surface area contributed by atoms with Gasteiger partial charge in [-0.25, -0.2) is 4.57 Å². The Balaban J connectivity index is 2.06. The summed E-state index contributed by atoms with van der Waals surface area (Å²) in [7, 11) is 1.59. The molecule has 6 nitrogen and oxygen atoms in total. The monoisotopic (exact) mass is 398 g/mol. The van der Waals surface area contributed by atoms with Crippen LogP contribution >= 0.6 is 23.4 Å². The van der Waals surface area contributed by atoms with Crippen LogP contribution in [0, 0.1) is 0 Å². The Labute approximate surface area is 164 Å². The summed E-state index contributed by atoms with van der Waals surface area (Å²) in [5.74, 6) is 1.76. The van der Waals surface area contributed by atoms with Gasteiger partial charge < -0.3 is 4.74 Å². The predicted molar refractivity (Wildman–Crippen MR) is 108 cm³/mol. The lowest BCUT2D eigenvalue weighted by Crippen LogP contribution is -2.21. The van der Waals surface area contributed by atoms with Gasteiger partial charge >= 0.3 is 0 Å². The smallest absolute Gasteiger partial charge is 0.267 e. The highest BCUT2D eigenvalue weighted by molar-refractivity contribution is 7.99. The first-order valence-corrected chi connectivity index (χ1v) is 9.58. The van der Waals surface area contributed by atoms with E-state index in [1.807, 2.05) is 46.9 Å². The summed E-state index contributed by atoms with van der Waals surface area (Å²) in [5, 5.41) is 9.87. The Morgan fingerprint density at radius 1 is 1.19 bits per heavy atom.